The first-order chi connectivity index (χ1) is 7.77. The highest BCUT2D eigenvalue weighted by molar-refractivity contribution is 5.93. The average molecular weight is 221 g/mol. The third-order valence-corrected chi connectivity index (χ3v) is 2.66. The molecule has 0 atom stereocenters. The van der Waals surface area contributed by atoms with Crippen molar-refractivity contribution in [3.8, 4) is 0 Å². The lowest BCUT2D eigenvalue weighted by atomic mass is 10.0. The zero-order chi connectivity index (χ0) is 11.4. The molecule has 0 bridgehead atoms. The first kappa shape index (κ1) is 10.8. The summed E-state index contributed by atoms with van der Waals surface area (Å²) < 4.78 is 0. The third-order valence-electron chi connectivity index (χ3n) is 2.66. The molecule has 3 N–H and O–H groups in total. The predicted octanol–water partition coefficient (Wildman–Crippen LogP) is -0.617. The van der Waals surface area contributed by atoms with Gasteiger partial charge in [-0.25, -0.2) is 4.98 Å². The normalized spacial score (nSPS) is 14.4. The van der Waals surface area contributed by atoms with E-state index in [9.17, 15) is 4.79 Å². The number of hydrogen-bond acceptors (Lipinski definition) is 4. The molecule has 1 saturated heterocycles. The Labute approximate surface area is 93.5 Å². The van der Waals surface area contributed by atoms with E-state index in [1.165, 1.54) is 11.9 Å². The van der Waals surface area contributed by atoms with Crippen LogP contribution in [0.15, 0.2) is 17.5 Å². The molecule has 0 aromatic carbocycles. The Morgan fingerprint density at radius 1 is 1.56 bits per heavy atom. The summed E-state index contributed by atoms with van der Waals surface area (Å²) in [5.74, 6) is 0.798. The number of aromatic amines is 1. The molecule has 0 saturated carbocycles. The van der Waals surface area contributed by atoms with E-state index >= 15 is 0 Å². The lowest BCUT2D eigenvalue weighted by molar-refractivity contribution is -0.117. The summed E-state index contributed by atoms with van der Waals surface area (Å²) in [6.07, 6.45) is 2.14. The van der Waals surface area contributed by atoms with Gasteiger partial charge in [0.1, 0.15) is 12.2 Å². The first-order valence-electron chi connectivity index (χ1n) is 5.29. The molecular weight excluding hydrogens is 206 g/mol. The minimum Gasteiger partial charge on any atom is -0.352 e. The lowest BCUT2D eigenvalue weighted by Crippen LogP contribution is -2.38. The van der Waals surface area contributed by atoms with Gasteiger partial charge in [-0.05, 0) is 12.5 Å². The SMILES string of the molecule is CC(C(=O)NCCc1ncn[nH]1)=C1CNC1. The molecule has 0 radical (unpaired) electrons. The van der Waals surface area contributed by atoms with Gasteiger partial charge >= 0.3 is 0 Å². The van der Waals surface area contributed by atoms with Crippen LogP contribution in [0.5, 0.6) is 0 Å². The van der Waals surface area contributed by atoms with Crippen LogP contribution in [0, 0.1) is 0 Å². The van der Waals surface area contributed by atoms with Crippen molar-refractivity contribution in [2.75, 3.05) is 19.6 Å². The van der Waals surface area contributed by atoms with Crippen LogP contribution in [0.2, 0.25) is 0 Å². The summed E-state index contributed by atoms with van der Waals surface area (Å²) in [6, 6.07) is 0. The fourth-order valence-corrected chi connectivity index (χ4v) is 1.45. The number of nitrogens with one attached hydrogen (secondary N) is 3. The van der Waals surface area contributed by atoms with Gasteiger partial charge in [-0.1, -0.05) is 0 Å². The number of H-pyrrole nitrogens is 1. The van der Waals surface area contributed by atoms with Gasteiger partial charge in [0.05, 0.1) is 0 Å². The van der Waals surface area contributed by atoms with Gasteiger partial charge in [-0.15, -0.1) is 0 Å². The van der Waals surface area contributed by atoms with Crippen molar-refractivity contribution in [2.24, 2.45) is 0 Å². The topological polar surface area (TPSA) is 82.7 Å². The highest BCUT2D eigenvalue weighted by Gasteiger charge is 2.15. The van der Waals surface area contributed by atoms with Crippen molar-refractivity contribution < 1.29 is 4.79 Å². The zero-order valence-corrected chi connectivity index (χ0v) is 9.21. The highest BCUT2D eigenvalue weighted by Crippen LogP contribution is 2.08. The number of hydrogen-bond donors (Lipinski definition) is 3. The summed E-state index contributed by atoms with van der Waals surface area (Å²) >= 11 is 0. The number of carbonyl (C=O) groups is 1. The molecule has 2 rings (SSSR count). The maximum atomic E-state index is 11.7. The van der Waals surface area contributed by atoms with Crippen molar-refractivity contribution in [3.63, 3.8) is 0 Å². The molecular formula is C10H15N5O. The van der Waals surface area contributed by atoms with Crippen molar-refractivity contribution in [3.05, 3.63) is 23.3 Å². The Kier molecular flexibility index (Phi) is 3.31. The molecule has 1 fully saturated rings. The van der Waals surface area contributed by atoms with E-state index in [2.05, 4.69) is 25.8 Å². The number of rotatable bonds is 4. The molecule has 86 valence electrons. The van der Waals surface area contributed by atoms with E-state index in [1.807, 2.05) is 6.92 Å². The molecule has 2 heterocycles. The van der Waals surface area contributed by atoms with Gasteiger partial charge in [-0.2, -0.15) is 5.10 Å². The lowest BCUT2D eigenvalue weighted by Gasteiger charge is -2.21. The van der Waals surface area contributed by atoms with Gasteiger partial charge < -0.3 is 10.6 Å². The third kappa shape index (κ3) is 2.46. The summed E-state index contributed by atoms with van der Waals surface area (Å²) in [5.41, 5.74) is 2.02. The molecule has 1 aromatic heterocycles. The fourth-order valence-electron chi connectivity index (χ4n) is 1.45. The minimum atomic E-state index is 0.0102. The number of nitrogens with zero attached hydrogens (tertiary/aromatic N) is 2. The molecule has 1 aliphatic heterocycles. The van der Waals surface area contributed by atoms with E-state index in [0.717, 1.165) is 24.5 Å². The Hall–Kier alpha value is -1.69. The van der Waals surface area contributed by atoms with E-state index in [4.69, 9.17) is 0 Å². The molecule has 1 amide bonds. The molecule has 16 heavy (non-hydrogen) atoms. The van der Waals surface area contributed by atoms with E-state index in [0.29, 0.717) is 13.0 Å². The summed E-state index contributed by atoms with van der Waals surface area (Å²) in [5, 5.41) is 12.5. The fraction of sp³-hybridized carbons (Fsp3) is 0.500. The Balaban J connectivity index is 1.76. The first-order valence-corrected chi connectivity index (χ1v) is 5.29. The zero-order valence-electron chi connectivity index (χ0n) is 9.21. The van der Waals surface area contributed by atoms with E-state index < -0.39 is 0 Å². The molecule has 0 unspecified atom stereocenters. The van der Waals surface area contributed by atoms with Crippen molar-refractivity contribution >= 4 is 5.91 Å². The van der Waals surface area contributed by atoms with Crippen molar-refractivity contribution in [1.82, 2.24) is 25.8 Å². The van der Waals surface area contributed by atoms with Crippen LogP contribution in [0.1, 0.15) is 12.7 Å². The Morgan fingerprint density at radius 2 is 2.38 bits per heavy atom. The van der Waals surface area contributed by atoms with Gasteiger partial charge in [-0.3, -0.25) is 9.89 Å². The number of carbonyl (C=O) groups excluding carboxylic acids is 1. The molecule has 0 spiro atoms. The predicted molar refractivity (Wildman–Crippen MR) is 58.7 cm³/mol. The molecule has 0 aliphatic carbocycles. The van der Waals surface area contributed by atoms with Crippen LogP contribution in [-0.2, 0) is 11.2 Å². The van der Waals surface area contributed by atoms with Gasteiger partial charge in [0.25, 0.3) is 0 Å². The highest BCUT2D eigenvalue weighted by atomic mass is 16.1. The number of amides is 1. The van der Waals surface area contributed by atoms with Crippen LogP contribution in [0.4, 0.5) is 0 Å². The summed E-state index contributed by atoms with van der Waals surface area (Å²) in [7, 11) is 0. The second-order valence-corrected chi connectivity index (χ2v) is 3.77. The van der Waals surface area contributed by atoms with E-state index in [-0.39, 0.29) is 5.91 Å². The van der Waals surface area contributed by atoms with Gasteiger partial charge in [0, 0.05) is 31.6 Å². The largest absolute Gasteiger partial charge is 0.352 e. The van der Waals surface area contributed by atoms with Gasteiger partial charge in [0.15, 0.2) is 0 Å². The minimum absolute atomic E-state index is 0.0102. The standard InChI is InChI=1S/C10H15N5O/c1-7(8-4-11-5-8)10(16)12-3-2-9-13-6-14-15-9/h6,11H,2-5H2,1H3,(H,12,16)(H,13,14,15). The second kappa shape index (κ2) is 4.89. The summed E-state index contributed by atoms with van der Waals surface area (Å²) in [4.78, 5) is 15.6. The maximum Gasteiger partial charge on any atom is 0.246 e. The quantitative estimate of drug-likeness (QED) is 0.592. The smallest absolute Gasteiger partial charge is 0.246 e. The number of aromatic nitrogens is 3. The molecule has 1 aliphatic rings. The monoisotopic (exact) mass is 221 g/mol. The van der Waals surface area contributed by atoms with Crippen LogP contribution in [-0.4, -0.2) is 40.7 Å². The maximum absolute atomic E-state index is 11.7. The van der Waals surface area contributed by atoms with Crippen molar-refractivity contribution in [1.29, 1.82) is 0 Å². The van der Waals surface area contributed by atoms with Gasteiger partial charge in [0.2, 0.25) is 5.91 Å². The van der Waals surface area contributed by atoms with Crippen LogP contribution >= 0.6 is 0 Å². The Bertz CT molecular complexity index is 389. The average Bonchev–Trinajstić information content (AvgIpc) is 2.67. The van der Waals surface area contributed by atoms with Crippen LogP contribution < -0.4 is 10.6 Å². The molecule has 6 heteroatoms. The summed E-state index contributed by atoms with van der Waals surface area (Å²) in [6.45, 7) is 4.11. The van der Waals surface area contributed by atoms with Crippen molar-refractivity contribution in [2.45, 2.75) is 13.3 Å². The van der Waals surface area contributed by atoms with Crippen LogP contribution in [0.25, 0.3) is 0 Å². The van der Waals surface area contributed by atoms with Crippen LogP contribution in [0.3, 0.4) is 0 Å². The second-order valence-electron chi connectivity index (χ2n) is 3.77. The van der Waals surface area contributed by atoms with E-state index in [1.54, 1.807) is 0 Å². The Morgan fingerprint density at radius 3 is 2.94 bits per heavy atom. The molecule has 6 nitrogen and oxygen atoms in total. The molecule has 1 aromatic rings.